The molecular weight excluding hydrogens is 244 g/mol. The zero-order valence-corrected chi connectivity index (χ0v) is 9.28. The lowest BCUT2D eigenvalue weighted by atomic mass is 10.0. The minimum atomic E-state index is -1.25. The Bertz CT molecular complexity index is 552. The highest BCUT2D eigenvalue weighted by atomic mass is 16.7. The van der Waals surface area contributed by atoms with Crippen LogP contribution in [0.1, 0.15) is 6.23 Å². The normalized spacial score (nSPS) is 38.2. The molecule has 3 N–H and O–H groups in total. The Kier molecular flexibility index (Phi) is 2.42. The van der Waals surface area contributed by atoms with Crippen LogP contribution < -0.4 is 11.2 Å². The van der Waals surface area contributed by atoms with E-state index in [-0.39, 0.29) is 6.61 Å². The molecule has 3 heterocycles. The molecule has 4 atom stereocenters. The second kappa shape index (κ2) is 3.75. The van der Waals surface area contributed by atoms with Crippen LogP contribution in [0.15, 0.2) is 21.9 Å². The average Bonchev–Trinajstić information content (AvgIpc) is 2.81. The Morgan fingerprint density at radius 3 is 2.94 bits per heavy atom. The zero-order valence-electron chi connectivity index (χ0n) is 9.28. The number of nitrogens with one attached hydrogen (secondary N) is 1. The van der Waals surface area contributed by atoms with Gasteiger partial charge in [0.2, 0.25) is 0 Å². The standard InChI is InChI=1S/C10H12N2O6/c13-3-10-4-17-6(7(10)15)8(18-10)12-5(14)1-2-11-9(12)16/h1-2,6-8,13,15H,3-4H2,(H,11,16)/t6?,7?,8-,10+/m1/s1. The Morgan fingerprint density at radius 2 is 2.33 bits per heavy atom. The molecule has 0 amide bonds. The topological polar surface area (TPSA) is 114 Å². The summed E-state index contributed by atoms with van der Waals surface area (Å²) in [5.74, 6) is 0. The molecule has 2 saturated heterocycles. The Labute approximate surface area is 100 Å². The molecule has 2 aliphatic rings. The fraction of sp³-hybridized carbons (Fsp3) is 0.600. The first-order valence-electron chi connectivity index (χ1n) is 5.48. The number of nitrogens with zero attached hydrogens (tertiary/aromatic N) is 1. The Morgan fingerprint density at radius 1 is 1.56 bits per heavy atom. The predicted molar refractivity (Wildman–Crippen MR) is 57.0 cm³/mol. The van der Waals surface area contributed by atoms with Crippen LogP contribution in [-0.4, -0.2) is 50.8 Å². The molecule has 18 heavy (non-hydrogen) atoms. The molecule has 0 saturated carbocycles. The van der Waals surface area contributed by atoms with Crippen LogP contribution in [0.5, 0.6) is 0 Å². The van der Waals surface area contributed by atoms with E-state index in [1.165, 1.54) is 12.3 Å². The monoisotopic (exact) mass is 256 g/mol. The van der Waals surface area contributed by atoms with Crippen LogP contribution in [0.2, 0.25) is 0 Å². The first kappa shape index (κ1) is 11.6. The maximum absolute atomic E-state index is 11.7. The highest BCUT2D eigenvalue weighted by Crippen LogP contribution is 2.43. The van der Waals surface area contributed by atoms with Gasteiger partial charge in [0.05, 0.1) is 13.2 Å². The van der Waals surface area contributed by atoms with Gasteiger partial charge >= 0.3 is 5.69 Å². The predicted octanol–water partition coefficient (Wildman–Crippen LogP) is -2.44. The average molecular weight is 256 g/mol. The van der Waals surface area contributed by atoms with Gasteiger partial charge in [-0.05, 0) is 0 Å². The summed E-state index contributed by atoms with van der Waals surface area (Å²) in [4.78, 5) is 25.6. The largest absolute Gasteiger partial charge is 0.393 e. The van der Waals surface area contributed by atoms with Gasteiger partial charge < -0.3 is 24.7 Å². The number of fused-ring (bicyclic) bond motifs is 2. The van der Waals surface area contributed by atoms with E-state index in [0.717, 1.165) is 4.57 Å². The second-order valence-corrected chi connectivity index (χ2v) is 4.44. The van der Waals surface area contributed by atoms with Crippen molar-refractivity contribution in [1.29, 1.82) is 0 Å². The van der Waals surface area contributed by atoms with Crippen molar-refractivity contribution in [3.63, 3.8) is 0 Å². The van der Waals surface area contributed by atoms with Crippen molar-refractivity contribution < 1.29 is 19.7 Å². The van der Waals surface area contributed by atoms with Gasteiger partial charge in [0.1, 0.15) is 17.8 Å². The number of rotatable bonds is 2. The van der Waals surface area contributed by atoms with E-state index in [1.807, 2.05) is 0 Å². The zero-order chi connectivity index (χ0) is 12.9. The number of ether oxygens (including phenoxy) is 2. The number of aromatic nitrogens is 2. The minimum absolute atomic E-state index is 0.0331. The third-order valence-electron chi connectivity index (χ3n) is 3.42. The van der Waals surface area contributed by atoms with Crippen molar-refractivity contribution in [1.82, 2.24) is 9.55 Å². The van der Waals surface area contributed by atoms with Gasteiger partial charge in [-0.25, -0.2) is 9.36 Å². The van der Waals surface area contributed by atoms with Crippen LogP contribution in [0.25, 0.3) is 0 Å². The van der Waals surface area contributed by atoms with E-state index in [4.69, 9.17) is 9.47 Å². The quantitative estimate of drug-likeness (QED) is 0.541. The first-order valence-corrected chi connectivity index (χ1v) is 5.48. The van der Waals surface area contributed by atoms with Gasteiger partial charge in [-0.2, -0.15) is 0 Å². The summed E-state index contributed by atoms with van der Waals surface area (Å²) in [5, 5.41) is 19.2. The number of H-pyrrole nitrogens is 1. The molecule has 0 aromatic carbocycles. The summed E-state index contributed by atoms with van der Waals surface area (Å²) < 4.78 is 11.6. The van der Waals surface area contributed by atoms with Crippen LogP contribution in [-0.2, 0) is 9.47 Å². The highest BCUT2D eigenvalue weighted by molar-refractivity contribution is 5.07. The molecule has 2 aliphatic heterocycles. The molecule has 2 fully saturated rings. The summed E-state index contributed by atoms with van der Waals surface area (Å²) in [6.45, 7) is -0.411. The highest BCUT2D eigenvalue weighted by Gasteiger charge is 2.61. The summed E-state index contributed by atoms with van der Waals surface area (Å²) in [6.07, 6.45) is -1.70. The molecule has 0 aliphatic carbocycles. The van der Waals surface area contributed by atoms with E-state index in [2.05, 4.69) is 4.98 Å². The Hall–Kier alpha value is -1.48. The van der Waals surface area contributed by atoms with Gasteiger partial charge in [0.25, 0.3) is 5.56 Å². The molecule has 8 heteroatoms. The fourth-order valence-electron chi connectivity index (χ4n) is 2.41. The first-order chi connectivity index (χ1) is 8.59. The third-order valence-corrected chi connectivity index (χ3v) is 3.42. The number of aliphatic hydroxyl groups is 2. The maximum Gasteiger partial charge on any atom is 0.330 e. The van der Waals surface area contributed by atoms with Crippen molar-refractivity contribution in [2.24, 2.45) is 0 Å². The summed E-state index contributed by atoms with van der Waals surface area (Å²) in [7, 11) is 0. The molecule has 3 rings (SSSR count). The van der Waals surface area contributed by atoms with Crippen molar-refractivity contribution in [2.75, 3.05) is 13.2 Å². The van der Waals surface area contributed by atoms with E-state index < -0.39 is 41.9 Å². The summed E-state index contributed by atoms with van der Waals surface area (Å²) in [5.41, 5.74) is -2.46. The molecule has 2 unspecified atom stereocenters. The van der Waals surface area contributed by atoms with Gasteiger partial charge in [-0.1, -0.05) is 0 Å². The third kappa shape index (κ3) is 1.34. The molecule has 8 nitrogen and oxygen atoms in total. The van der Waals surface area contributed by atoms with Crippen LogP contribution in [0.3, 0.4) is 0 Å². The smallest absolute Gasteiger partial charge is 0.330 e. The number of hydrogen-bond acceptors (Lipinski definition) is 6. The lowest BCUT2D eigenvalue weighted by Gasteiger charge is -2.29. The molecule has 2 bridgehead atoms. The lowest BCUT2D eigenvalue weighted by Crippen LogP contribution is -2.46. The Balaban J connectivity index is 2.07. The van der Waals surface area contributed by atoms with E-state index in [9.17, 15) is 19.8 Å². The van der Waals surface area contributed by atoms with Crippen LogP contribution >= 0.6 is 0 Å². The molecule has 98 valence electrons. The van der Waals surface area contributed by atoms with Gasteiger partial charge in [-0.15, -0.1) is 0 Å². The van der Waals surface area contributed by atoms with Crippen molar-refractivity contribution in [2.45, 2.75) is 24.0 Å². The number of aliphatic hydroxyl groups excluding tert-OH is 2. The molecule has 1 aromatic rings. The summed E-state index contributed by atoms with van der Waals surface area (Å²) in [6, 6.07) is 1.18. The van der Waals surface area contributed by atoms with Crippen molar-refractivity contribution >= 4 is 0 Å². The lowest BCUT2D eigenvalue weighted by molar-refractivity contribution is -0.188. The van der Waals surface area contributed by atoms with E-state index in [1.54, 1.807) is 0 Å². The summed E-state index contributed by atoms with van der Waals surface area (Å²) >= 11 is 0. The molecule has 1 aromatic heterocycles. The van der Waals surface area contributed by atoms with E-state index in [0.29, 0.717) is 0 Å². The SMILES string of the molecule is O=c1cc[nH]c(=O)n1[C@@H]1O[C@@]2(CO)COC1C2O. The van der Waals surface area contributed by atoms with Crippen LogP contribution in [0.4, 0.5) is 0 Å². The maximum atomic E-state index is 11.7. The molecule has 0 spiro atoms. The number of aromatic amines is 1. The minimum Gasteiger partial charge on any atom is -0.393 e. The second-order valence-electron chi connectivity index (χ2n) is 4.44. The number of hydrogen-bond donors (Lipinski definition) is 3. The fourth-order valence-corrected chi connectivity index (χ4v) is 2.41. The van der Waals surface area contributed by atoms with Gasteiger partial charge in [-0.3, -0.25) is 4.79 Å². The van der Waals surface area contributed by atoms with Crippen molar-refractivity contribution in [3.8, 4) is 0 Å². The van der Waals surface area contributed by atoms with Crippen molar-refractivity contribution in [3.05, 3.63) is 33.1 Å². The molecule has 0 radical (unpaired) electrons. The van der Waals surface area contributed by atoms with Crippen LogP contribution in [0, 0.1) is 0 Å². The van der Waals surface area contributed by atoms with E-state index >= 15 is 0 Å². The van der Waals surface area contributed by atoms with Gasteiger partial charge in [0, 0.05) is 12.3 Å². The van der Waals surface area contributed by atoms with Gasteiger partial charge in [0.15, 0.2) is 6.23 Å². The molecular formula is C10H12N2O6.